The van der Waals surface area contributed by atoms with E-state index in [2.05, 4.69) is 21.9 Å². The van der Waals surface area contributed by atoms with Gasteiger partial charge in [-0.2, -0.15) is 9.49 Å². The maximum absolute atomic E-state index is 13.3. The molecule has 0 unspecified atom stereocenters. The van der Waals surface area contributed by atoms with Gasteiger partial charge in [-0.15, -0.1) is 5.92 Å². The van der Waals surface area contributed by atoms with E-state index in [1.165, 1.54) is 22.9 Å². The second kappa shape index (κ2) is 6.31. The summed E-state index contributed by atoms with van der Waals surface area (Å²) in [5.41, 5.74) is 0.427. The van der Waals surface area contributed by atoms with Gasteiger partial charge in [-0.25, -0.2) is 9.67 Å². The number of aromatic nitrogens is 3. The summed E-state index contributed by atoms with van der Waals surface area (Å²) in [7, 11) is 0. The van der Waals surface area contributed by atoms with E-state index in [-0.39, 0.29) is 17.1 Å². The largest absolute Gasteiger partial charge is 0.268 e. The van der Waals surface area contributed by atoms with E-state index >= 15 is 0 Å². The van der Waals surface area contributed by atoms with E-state index in [0.29, 0.717) is 17.8 Å². The average molecular weight is 292 g/mol. The molecular weight excluding hydrogens is 281 g/mol. The van der Waals surface area contributed by atoms with Crippen LogP contribution in [0.2, 0.25) is 5.02 Å². The fourth-order valence-corrected chi connectivity index (χ4v) is 1.62. The van der Waals surface area contributed by atoms with Crippen LogP contribution in [0.5, 0.6) is 0 Å². The minimum absolute atomic E-state index is 0.0594. The van der Waals surface area contributed by atoms with E-state index in [1.54, 1.807) is 6.07 Å². The Morgan fingerprint density at radius 3 is 2.70 bits per heavy atom. The van der Waals surface area contributed by atoms with Crippen LogP contribution in [0.4, 0.5) is 4.39 Å². The van der Waals surface area contributed by atoms with Crippen LogP contribution in [0.15, 0.2) is 29.1 Å². The van der Waals surface area contributed by atoms with Crippen molar-refractivity contribution < 1.29 is 4.39 Å². The molecule has 0 aliphatic rings. The fraction of sp³-hybridized carbons (Fsp3) is 0.214. The van der Waals surface area contributed by atoms with Crippen LogP contribution in [0, 0.1) is 17.8 Å². The highest BCUT2D eigenvalue weighted by Crippen LogP contribution is 2.18. The zero-order valence-electron chi connectivity index (χ0n) is 10.7. The third-order valence-corrected chi connectivity index (χ3v) is 2.74. The maximum Gasteiger partial charge on any atom is 0.267 e. The van der Waals surface area contributed by atoms with Crippen LogP contribution >= 0.6 is 11.6 Å². The highest BCUT2D eigenvalue weighted by Gasteiger charge is 2.07. The summed E-state index contributed by atoms with van der Waals surface area (Å²) < 4.78 is 14.5. The first-order chi connectivity index (χ1) is 9.61. The Morgan fingerprint density at radius 2 is 2.00 bits per heavy atom. The molecule has 2 aromatic heterocycles. The van der Waals surface area contributed by atoms with Gasteiger partial charge in [0.05, 0.1) is 10.7 Å². The summed E-state index contributed by atoms with van der Waals surface area (Å²) in [5.74, 6) is 4.91. The van der Waals surface area contributed by atoms with Crippen LogP contribution in [-0.2, 0) is 6.54 Å². The lowest BCUT2D eigenvalue weighted by atomic mass is 10.2. The lowest BCUT2D eigenvalue weighted by molar-refractivity contribution is 0.584. The molecule has 0 amide bonds. The predicted molar refractivity (Wildman–Crippen MR) is 74.8 cm³/mol. The molecule has 0 radical (unpaired) electrons. The van der Waals surface area contributed by atoms with Crippen molar-refractivity contribution in [3.8, 4) is 23.2 Å². The Bertz CT molecular complexity index is 746. The first-order valence-corrected chi connectivity index (χ1v) is 6.36. The van der Waals surface area contributed by atoms with Gasteiger partial charge in [0.25, 0.3) is 5.56 Å². The summed E-state index contributed by atoms with van der Waals surface area (Å²) >= 11 is 5.58. The zero-order valence-corrected chi connectivity index (χ0v) is 11.5. The zero-order chi connectivity index (χ0) is 14.5. The molecule has 0 saturated carbocycles. The molecule has 102 valence electrons. The minimum atomic E-state index is -0.769. The first kappa shape index (κ1) is 14.2. The van der Waals surface area contributed by atoms with Gasteiger partial charge in [-0.1, -0.05) is 24.4 Å². The molecule has 2 rings (SSSR count). The van der Waals surface area contributed by atoms with Crippen molar-refractivity contribution in [3.63, 3.8) is 0 Å². The van der Waals surface area contributed by atoms with Crippen LogP contribution in [0.25, 0.3) is 11.4 Å². The summed E-state index contributed by atoms with van der Waals surface area (Å²) in [5, 5.41) is 4.06. The second-order valence-electron chi connectivity index (χ2n) is 3.89. The third kappa shape index (κ3) is 3.22. The first-order valence-electron chi connectivity index (χ1n) is 5.98. The summed E-state index contributed by atoms with van der Waals surface area (Å²) in [6.45, 7) is 2.11. The fourth-order valence-electron chi connectivity index (χ4n) is 1.51. The van der Waals surface area contributed by atoms with Gasteiger partial charge in [0.1, 0.15) is 12.2 Å². The van der Waals surface area contributed by atoms with Crippen molar-refractivity contribution in [2.75, 3.05) is 0 Å². The van der Waals surface area contributed by atoms with Crippen LogP contribution in [0.3, 0.4) is 0 Å². The molecule has 0 N–H and O–H groups in total. The van der Waals surface area contributed by atoms with Crippen molar-refractivity contribution in [1.29, 1.82) is 0 Å². The van der Waals surface area contributed by atoms with Gasteiger partial charge in [0.15, 0.2) is 0 Å². The molecule has 0 fully saturated rings. The number of rotatable bonds is 2. The highest BCUT2D eigenvalue weighted by atomic mass is 35.5. The van der Waals surface area contributed by atoms with Crippen LogP contribution in [0.1, 0.15) is 13.3 Å². The standard InChI is InChI=1S/C14H11ClFN3O/c1-2-3-4-9-19-13(20)8-7-12(18-19)11-6-5-10(15)14(16)17-11/h5-8H,2,9H2,1H3. The van der Waals surface area contributed by atoms with E-state index < -0.39 is 5.95 Å². The van der Waals surface area contributed by atoms with E-state index in [9.17, 15) is 9.18 Å². The second-order valence-corrected chi connectivity index (χ2v) is 4.30. The molecule has 0 aliphatic heterocycles. The Balaban J connectivity index is 2.40. The maximum atomic E-state index is 13.3. The Hall–Kier alpha value is -2.19. The summed E-state index contributed by atoms with van der Waals surface area (Å²) in [4.78, 5) is 15.3. The molecule has 0 aliphatic carbocycles. The number of hydrogen-bond acceptors (Lipinski definition) is 3. The normalized spacial score (nSPS) is 9.95. The SMILES string of the molecule is CCC#CCn1nc(-c2ccc(Cl)c(F)n2)ccc1=O. The Kier molecular flexibility index (Phi) is 4.49. The summed E-state index contributed by atoms with van der Waals surface area (Å²) in [6, 6.07) is 5.78. The third-order valence-electron chi connectivity index (χ3n) is 2.46. The van der Waals surface area contributed by atoms with E-state index in [4.69, 9.17) is 11.6 Å². The van der Waals surface area contributed by atoms with Crippen molar-refractivity contribution in [2.24, 2.45) is 0 Å². The molecule has 20 heavy (non-hydrogen) atoms. The van der Waals surface area contributed by atoms with Gasteiger partial charge in [0, 0.05) is 12.5 Å². The Morgan fingerprint density at radius 1 is 1.25 bits per heavy atom. The quantitative estimate of drug-likeness (QED) is 0.631. The lowest BCUT2D eigenvalue weighted by Gasteiger charge is -2.04. The van der Waals surface area contributed by atoms with Crippen LogP contribution in [-0.4, -0.2) is 14.8 Å². The van der Waals surface area contributed by atoms with Crippen molar-refractivity contribution >= 4 is 11.6 Å². The number of nitrogens with zero attached hydrogens (tertiary/aromatic N) is 3. The van der Waals surface area contributed by atoms with Crippen molar-refractivity contribution in [2.45, 2.75) is 19.9 Å². The molecular formula is C14H11ClFN3O. The monoisotopic (exact) mass is 291 g/mol. The number of hydrogen-bond donors (Lipinski definition) is 0. The molecule has 0 spiro atoms. The molecule has 0 saturated heterocycles. The van der Waals surface area contributed by atoms with Gasteiger partial charge < -0.3 is 0 Å². The van der Waals surface area contributed by atoms with Crippen molar-refractivity contribution in [1.82, 2.24) is 14.8 Å². The molecule has 4 nitrogen and oxygen atoms in total. The van der Waals surface area contributed by atoms with Crippen molar-refractivity contribution in [3.05, 3.63) is 45.6 Å². The summed E-state index contributed by atoms with van der Waals surface area (Å²) in [6.07, 6.45) is 0.707. The molecule has 6 heteroatoms. The van der Waals surface area contributed by atoms with Gasteiger partial charge >= 0.3 is 0 Å². The van der Waals surface area contributed by atoms with E-state index in [1.807, 2.05) is 6.92 Å². The smallest absolute Gasteiger partial charge is 0.267 e. The molecule has 0 bridgehead atoms. The molecule has 2 heterocycles. The van der Waals surface area contributed by atoms with Gasteiger partial charge in [-0.05, 0) is 18.2 Å². The average Bonchev–Trinajstić information content (AvgIpc) is 2.44. The molecule has 0 atom stereocenters. The Labute approximate surface area is 120 Å². The highest BCUT2D eigenvalue weighted by molar-refractivity contribution is 6.30. The lowest BCUT2D eigenvalue weighted by Crippen LogP contribution is -2.21. The van der Waals surface area contributed by atoms with E-state index in [0.717, 1.165) is 0 Å². The number of pyridine rings is 1. The predicted octanol–water partition coefficient (Wildman–Crippen LogP) is 2.51. The molecule has 2 aromatic rings. The topological polar surface area (TPSA) is 47.8 Å². The number of halogens is 2. The van der Waals surface area contributed by atoms with Gasteiger partial charge in [-0.3, -0.25) is 4.79 Å². The van der Waals surface area contributed by atoms with Crippen LogP contribution < -0.4 is 5.56 Å². The minimum Gasteiger partial charge on any atom is -0.268 e. The molecule has 0 aromatic carbocycles. The van der Waals surface area contributed by atoms with Gasteiger partial charge in [0.2, 0.25) is 5.95 Å².